The van der Waals surface area contributed by atoms with E-state index in [0.29, 0.717) is 0 Å². The zero-order valence-corrected chi connectivity index (χ0v) is 18.6. The van der Waals surface area contributed by atoms with Gasteiger partial charge >= 0.3 is 8.80 Å². The van der Waals surface area contributed by atoms with Crippen molar-refractivity contribution in [3.05, 3.63) is 67.3 Å². The molecule has 0 saturated heterocycles. The Balaban J connectivity index is 2.22. The number of carbonyl (C=O) groups is 1. The lowest BCUT2D eigenvalue weighted by Crippen LogP contribution is -2.47. The lowest BCUT2D eigenvalue weighted by Gasteiger charge is -2.32. The minimum Gasteiger partial charge on any atom is -0.377 e. The number of rotatable bonds is 11. The number of para-hydroxylation sites is 1. The van der Waals surface area contributed by atoms with Gasteiger partial charge in [0.1, 0.15) is 0 Å². The maximum Gasteiger partial charge on any atom is 0.503 e. The largest absolute Gasteiger partial charge is 0.503 e. The first-order valence-electron chi connectivity index (χ1n) is 9.51. The molecule has 2 rings (SSSR count). The van der Waals surface area contributed by atoms with E-state index in [-0.39, 0.29) is 11.4 Å². The first-order valence-corrected chi connectivity index (χ1v) is 11.3. The van der Waals surface area contributed by atoms with Gasteiger partial charge in [-0.2, -0.15) is 0 Å². The van der Waals surface area contributed by atoms with Crippen molar-refractivity contribution in [3.63, 3.8) is 0 Å². The van der Waals surface area contributed by atoms with Crippen LogP contribution in [-0.4, -0.2) is 42.6 Å². The number of nitrogens with zero attached hydrogens (tertiary/aromatic N) is 1. The lowest BCUT2D eigenvalue weighted by atomic mass is 10.2. The van der Waals surface area contributed by atoms with Crippen LogP contribution in [0, 0.1) is 0 Å². The molecule has 0 aliphatic rings. The smallest absolute Gasteiger partial charge is 0.377 e. The van der Waals surface area contributed by atoms with E-state index in [1.165, 1.54) is 6.08 Å². The van der Waals surface area contributed by atoms with Crippen LogP contribution in [0.4, 0.5) is 17.1 Å². The number of hydrogen-bond acceptors (Lipinski definition) is 5. The van der Waals surface area contributed by atoms with E-state index in [1.807, 2.05) is 42.5 Å². The molecular weight excluding hydrogens is 384 g/mol. The SMILES string of the molecule is C=CC(=O)Nc1ccc(N(CCC(C)[Si](OC)(OC)OC)c2ccccc2)cc1. The molecule has 0 spiro atoms. The van der Waals surface area contributed by atoms with E-state index in [9.17, 15) is 4.79 Å². The Morgan fingerprint density at radius 3 is 2.10 bits per heavy atom. The van der Waals surface area contributed by atoms with Crippen molar-refractivity contribution in [1.29, 1.82) is 0 Å². The van der Waals surface area contributed by atoms with Crippen molar-refractivity contribution in [2.45, 2.75) is 18.9 Å². The molecule has 156 valence electrons. The Labute approximate surface area is 174 Å². The minimum absolute atomic E-state index is 0.125. The van der Waals surface area contributed by atoms with E-state index < -0.39 is 8.80 Å². The average molecular weight is 415 g/mol. The van der Waals surface area contributed by atoms with Crippen LogP contribution in [0.5, 0.6) is 0 Å². The third kappa shape index (κ3) is 5.77. The van der Waals surface area contributed by atoms with Crippen molar-refractivity contribution in [1.82, 2.24) is 0 Å². The summed E-state index contributed by atoms with van der Waals surface area (Å²) >= 11 is 0. The number of anilines is 3. The molecule has 2 aromatic carbocycles. The highest BCUT2D eigenvalue weighted by Crippen LogP contribution is 2.31. The zero-order valence-electron chi connectivity index (χ0n) is 17.6. The number of amides is 1. The van der Waals surface area contributed by atoms with Gasteiger partial charge in [0.25, 0.3) is 0 Å². The molecule has 0 fully saturated rings. The van der Waals surface area contributed by atoms with Gasteiger partial charge in [-0.15, -0.1) is 0 Å². The van der Waals surface area contributed by atoms with Gasteiger partial charge in [-0.1, -0.05) is 31.7 Å². The summed E-state index contributed by atoms with van der Waals surface area (Å²) in [5.41, 5.74) is 2.96. The zero-order chi connectivity index (χ0) is 21.3. The van der Waals surface area contributed by atoms with E-state index in [2.05, 4.69) is 35.9 Å². The van der Waals surface area contributed by atoms with Crippen LogP contribution in [0.25, 0.3) is 0 Å². The third-order valence-corrected chi connectivity index (χ3v) is 8.15. The molecule has 29 heavy (non-hydrogen) atoms. The van der Waals surface area contributed by atoms with Crippen LogP contribution >= 0.6 is 0 Å². The molecule has 1 N–H and O–H groups in total. The molecule has 0 saturated carbocycles. The average Bonchev–Trinajstić information content (AvgIpc) is 2.77. The van der Waals surface area contributed by atoms with Gasteiger partial charge in [0.15, 0.2) is 0 Å². The summed E-state index contributed by atoms with van der Waals surface area (Å²) in [7, 11) is 2.21. The molecule has 7 heteroatoms. The summed E-state index contributed by atoms with van der Waals surface area (Å²) in [5.74, 6) is -0.230. The van der Waals surface area contributed by atoms with Crippen molar-refractivity contribution < 1.29 is 18.1 Å². The van der Waals surface area contributed by atoms with E-state index in [1.54, 1.807) is 21.3 Å². The van der Waals surface area contributed by atoms with E-state index >= 15 is 0 Å². The van der Waals surface area contributed by atoms with Gasteiger partial charge in [0.2, 0.25) is 5.91 Å². The summed E-state index contributed by atoms with van der Waals surface area (Å²) in [6, 6.07) is 17.9. The Hall–Kier alpha value is -2.45. The second kappa shape index (κ2) is 10.9. The fourth-order valence-electron chi connectivity index (χ4n) is 3.29. The normalized spacial score (nSPS) is 12.3. The molecule has 0 aliphatic carbocycles. The van der Waals surface area contributed by atoms with Gasteiger partial charge in [-0.3, -0.25) is 4.79 Å². The van der Waals surface area contributed by atoms with Crippen LogP contribution in [0.1, 0.15) is 13.3 Å². The lowest BCUT2D eigenvalue weighted by molar-refractivity contribution is -0.111. The number of benzene rings is 2. The summed E-state index contributed by atoms with van der Waals surface area (Å²) in [4.78, 5) is 13.7. The summed E-state index contributed by atoms with van der Waals surface area (Å²) < 4.78 is 16.9. The highest BCUT2D eigenvalue weighted by molar-refractivity contribution is 6.62. The first kappa shape index (κ1) is 22.8. The monoisotopic (exact) mass is 414 g/mol. The van der Waals surface area contributed by atoms with Crippen molar-refractivity contribution in [2.75, 3.05) is 38.1 Å². The highest BCUT2D eigenvalue weighted by Gasteiger charge is 2.44. The van der Waals surface area contributed by atoms with Crippen molar-refractivity contribution in [2.24, 2.45) is 0 Å². The molecule has 1 amide bonds. The predicted molar refractivity (Wildman–Crippen MR) is 120 cm³/mol. The molecule has 6 nitrogen and oxygen atoms in total. The van der Waals surface area contributed by atoms with Crippen LogP contribution in [0.3, 0.4) is 0 Å². The Morgan fingerprint density at radius 2 is 1.59 bits per heavy atom. The maximum atomic E-state index is 11.5. The molecule has 0 radical (unpaired) electrons. The van der Waals surface area contributed by atoms with Crippen LogP contribution < -0.4 is 10.2 Å². The van der Waals surface area contributed by atoms with Crippen molar-refractivity contribution in [3.8, 4) is 0 Å². The molecule has 0 heterocycles. The molecule has 0 aliphatic heterocycles. The second-order valence-electron chi connectivity index (χ2n) is 6.63. The molecule has 2 aromatic rings. The number of nitrogens with one attached hydrogen (secondary N) is 1. The van der Waals surface area contributed by atoms with Crippen LogP contribution in [0.15, 0.2) is 67.3 Å². The summed E-state index contributed by atoms with van der Waals surface area (Å²) in [6.45, 7) is 6.33. The molecular formula is C22H30N2O4Si. The quantitative estimate of drug-likeness (QED) is 0.430. The first-order chi connectivity index (χ1) is 14.0. The van der Waals surface area contributed by atoms with Crippen molar-refractivity contribution >= 4 is 31.8 Å². The molecule has 0 bridgehead atoms. The summed E-state index contributed by atoms with van der Waals surface area (Å²) in [6.07, 6.45) is 2.08. The second-order valence-corrected chi connectivity index (χ2v) is 10.1. The van der Waals surface area contributed by atoms with Crippen LogP contribution in [-0.2, 0) is 18.1 Å². The Morgan fingerprint density at radius 1 is 1.03 bits per heavy atom. The number of hydrogen-bond donors (Lipinski definition) is 1. The summed E-state index contributed by atoms with van der Waals surface area (Å²) in [5, 5.41) is 2.77. The highest BCUT2D eigenvalue weighted by atomic mass is 28.4. The number of carbonyl (C=O) groups excluding carboxylic acids is 1. The van der Waals surface area contributed by atoms with E-state index in [0.717, 1.165) is 30.0 Å². The fraction of sp³-hybridized carbons (Fsp3) is 0.318. The predicted octanol–water partition coefficient (Wildman–Crippen LogP) is 4.61. The Bertz CT molecular complexity index is 771. The molecule has 1 unspecified atom stereocenters. The molecule has 0 aromatic heterocycles. The third-order valence-electron chi connectivity index (χ3n) is 4.94. The van der Waals surface area contributed by atoms with Gasteiger partial charge in [-0.25, -0.2) is 0 Å². The molecule has 1 atom stereocenters. The topological polar surface area (TPSA) is 60.0 Å². The van der Waals surface area contributed by atoms with Gasteiger partial charge in [0, 0.05) is 50.5 Å². The van der Waals surface area contributed by atoms with Gasteiger partial charge in [0.05, 0.1) is 0 Å². The van der Waals surface area contributed by atoms with Crippen LogP contribution in [0.2, 0.25) is 5.54 Å². The van der Waals surface area contributed by atoms with Gasteiger partial charge in [-0.05, 0) is 48.9 Å². The maximum absolute atomic E-state index is 11.5. The minimum atomic E-state index is -2.70. The van der Waals surface area contributed by atoms with E-state index in [4.69, 9.17) is 13.3 Å². The Kier molecular flexibility index (Phi) is 8.60. The standard InChI is InChI=1S/C22H30N2O4Si/c1-6-22(25)23-19-12-14-21(15-13-19)24(20-10-8-7-9-11-20)17-16-18(2)29(26-3,27-4)28-5/h6-15,18H,1,16-17H2,2-5H3,(H,23,25). The fourth-order valence-corrected chi connectivity index (χ4v) is 5.48. The van der Waals surface area contributed by atoms with Gasteiger partial charge < -0.3 is 23.5 Å².